The standard InChI is InChI=1S/C61H39N5/c1-3-16-40(17-4-1)41-30-32-43(33-31-41)59-62-60(64-61(63-59)52-25-10-9-22-48(52)42-18-5-2-6-19-42)44-34-36-47(37-35-44)65-57-39-46-21-8-7-20-45(46)38-53(57)51-26-15-29-56(58(51)65)66-54-27-13-11-23-49(54)50-24-12-14-28-55(50)66/h1-39H. The van der Waals surface area contributed by atoms with Gasteiger partial charge >= 0.3 is 0 Å². The van der Waals surface area contributed by atoms with E-state index in [9.17, 15) is 0 Å². The molecule has 0 aliphatic heterocycles. The summed E-state index contributed by atoms with van der Waals surface area (Å²) < 4.78 is 4.87. The van der Waals surface area contributed by atoms with Crippen molar-refractivity contribution >= 4 is 54.4 Å². The summed E-state index contributed by atoms with van der Waals surface area (Å²) in [5.74, 6) is 1.85. The Labute approximate surface area is 381 Å². The Bertz CT molecular complexity index is 3910. The molecule has 3 heterocycles. The third-order valence-electron chi connectivity index (χ3n) is 13.0. The Kier molecular flexibility index (Phi) is 8.78. The second-order valence-electron chi connectivity index (χ2n) is 16.8. The zero-order valence-corrected chi connectivity index (χ0v) is 35.8. The van der Waals surface area contributed by atoms with Crippen molar-refractivity contribution in [2.45, 2.75) is 0 Å². The van der Waals surface area contributed by atoms with Crippen LogP contribution in [0.25, 0.3) is 122 Å². The van der Waals surface area contributed by atoms with Crippen molar-refractivity contribution in [3.05, 3.63) is 237 Å². The first-order chi connectivity index (χ1) is 32.7. The molecule has 0 unspecified atom stereocenters. The molecule has 66 heavy (non-hydrogen) atoms. The van der Waals surface area contributed by atoms with Gasteiger partial charge in [0.05, 0.1) is 27.8 Å². The molecule has 13 rings (SSSR count). The number of para-hydroxylation sites is 3. The van der Waals surface area contributed by atoms with Gasteiger partial charge in [0.1, 0.15) is 0 Å². The monoisotopic (exact) mass is 841 g/mol. The zero-order chi connectivity index (χ0) is 43.6. The molecule has 308 valence electrons. The van der Waals surface area contributed by atoms with E-state index >= 15 is 0 Å². The smallest absolute Gasteiger partial charge is 0.164 e. The molecule has 0 atom stereocenters. The van der Waals surface area contributed by atoms with E-state index in [1.165, 1.54) is 43.4 Å². The van der Waals surface area contributed by atoms with E-state index in [0.717, 1.165) is 61.4 Å². The largest absolute Gasteiger partial charge is 0.307 e. The second kappa shape index (κ2) is 15.4. The SMILES string of the molecule is c1ccc(-c2ccc(-c3nc(-c4ccc(-n5c6cc7ccccc7cc6c6cccc(-n7c8ccccc8c8ccccc87)c65)cc4)nc(-c4ccccc4-c4ccccc4)n3)cc2)cc1. The van der Waals surface area contributed by atoms with Crippen LogP contribution in [0.3, 0.4) is 0 Å². The first-order valence-corrected chi connectivity index (χ1v) is 22.4. The third kappa shape index (κ3) is 6.21. The van der Waals surface area contributed by atoms with E-state index in [2.05, 4.69) is 234 Å². The molecule has 0 aliphatic rings. The molecule has 10 aromatic carbocycles. The van der Waals surface area contributed by atoms with E-state index in [0.29, 0.717) is 17.5 Å². The maximum absolute atomic E-state index is 5.25. The fourth-order valence-corrected chi connectivity index (χ4v) is 9.87. The molecule has 0 fully saturated rings. The van der Waals surface area contributed by atoms with E-state index in [-0.39, 0.29) is 0 Å². The minimum absolute atomic E-state index is 0.607. The first kappa shape index (κ1) is 37.6. The van der Waals surface area contributed by atoms with Crippen LogP contribution in [0.4, 0.5) is 0 Å². The van der Waals surface area contributed by atoms with Crippen molar-refractivity contribution in [2.75, 3.05) is 0 Å². The van der Waals surface area contributed by atoms with Crippen molar-refractivity contribution in [1.29, 1.82) is 0 Å². The minimum atomic E-state index is 0.607. The number of aromatic nitrogens is 5. The lowest BCUT2D eigenvalue weighted by Gasteiger charge is -2.15. The highest BCUT2D eigenvalue weighted by Crippen LogP contribution is 2.41. The molecule has 0 spiro atoms. The van der Waals surface area contributed by atoms with Gasteiger partial charge in [-0.25, -0.2) is 15.0 Å². The summed E-state index contributed by atoms with van der Waals surface area (Å²) in [6.07, 6.45) is 0. The summed E-state index contributed by atoms with van der Waals surface area (Å²) >= 11 is 0. The van der Waals surface area contributed by atoms with Gasteiger partial charge in [0.2, 0.25) is 0 Å². The summed E-state index contributed by atoms with van der Waals surface area (Å²) in [7, 11) is 0. The van der Waals surface area contributed by atoms with Gasteiger partial charge in [-0.2, -0.15) is 0 Å². The van der Waals surface area contributed by atoms with Crippen LogP contribution in [0.5, 0.6) is 0 Å². The molecule has 0 amide bonds. The molecule has 0 saturated heterocycles. The summed E-state index contributed by atoms with van der Waals surface area (Å²) in [6, 6.07) is 84.0. The van der Waals surface area contributed by atoms with Gasteiger partial charge in [0.15, 0.2) is 17.5 Å². The molecule has 3 aromatic heterocycles. The van der Waals surface area contributed by atoms with Gasteiger partial charge < -0.3 is 9.13 Å². The topological polar surface area (TPSA) is 48.5 Å². The number of fused-ring (bicyclic) bond motifs is 7. The molecule has 0 saturated carbocycles. The van der Waals surface area contributed by atoms with Gasteiger partial charge in [0.25, 0.3) is 0 Å². The molecule has 0 aliphatic carbocycles. The van der Waals surface area contributed by atoms with Gasteiger partial charge in [-0.1, -0.05) is 182 Å². The Morgan fingerprint density at radius 2 is 0.758 bits per heavy atom. The average Bonchev–Trinajstić information content (AvgIpc) is 3.91. The van der Waals surface area contributed by atoms with Crippen LogP contribution in [0.2, 0.25) is 0 Å². The van der Waals surface area contributed by atoms with Crippen LogP contribution in [0.15, 0.2) is 237 Å². The van der Waals surface area contributed by atoms with Crippen LogP contribution in [-0.2, 0) is 0 Å². The molecule has 5 nitrogen and oxygen atoms in total. The molecule has 5 heteroatoms. The van der Waals surface area contributed by atoms with E-state index in [4.69, 9.17) is 15.0 Å². The highest BCUT2D eigenvalue weighted by molar-refractivity contribution is 6.17. The lowest BCUT2D eigenvalue weighted by atomic mass is 9.99. The highest BCUT2D eigenvalue weighted by Gasteiger charge is 2.21. The maximum atomic E-state index is 5.25. The highest BCUT2D eigenvalue weighted by atomic mass is 15.1. The van der Waals surface area contributed by atoms with Crippen LogP contribution in [-0.4, -0.2) is 24.1 Å². The van der Waals surface area contributed by atoms with Crippen molar-refractivity contribution in [2.24, 2.45) is 0 Å². The number of nitrogens with zero attached hydrogens (tertiary/aromatic N) is 5. The van der Waals surface area contributed by atoms with Crippen molar-refractivity contribution in [3.63, 3.8) is 0 Å². The van der Waals surface area contributed by atoms with Crippen LogP contribution < -0.4 is 0 Å². The lowest BCUT2D eigenvalue weighted by Crippen LogP contribution is -2.02. The predicted octanol–water partition coefficient (Wildman–Crippen LogP) is 15.6. The zero-order valence-electron chi connectivity index (χ0n) is 35.8. The average molecular weight is 842 g/mol. The van der Waals surface area contributed by atoms with Crippen LogP contribution in [0.1, 0.15) is 0 Å². The van der Waals surface area contributed by atoms with Gasteiger partial charge in [-0.05, 0) is 87.6 Å². The summed E-state index contributed by atoms with van der Waals surface area (Å²) in [4.78, 5) is 15.6. The van der Waals surface area contributed by atoms with Crippen molar-refractivity contribution in [1.82, 2.24) is 24.1 Å². The predicted molar refractivity (Wildman–Crippen MR) is 273 cm³/mol. The normalized spacial score (nSPS) is 11.6. The number of hydrogen-bond acceptors (Lipinski definition) is 3. The van der Waals surface area contributed by atoms with Crippen molar-refractivity contribution in [3.8, 4) is 67.8 Å². The van der Waals surface area contributed by atoms with Gasteiger partial charge in [-0.3, -0.25) is 0 Å². The Hall–Kier alpha value is -8.93. The quantitative estimate of drug-likeness (QED) is 0.161. The Morgan fingerprint density at radius 1 is 0.273 bits per heavy atom. The molecule has 0 radical (unpaired) electrons. The lowest BCUT2D eigenvalue weighted by molar-refractivity contribution is 1.07. The fourth-order valence-electron chi connectivity index (χ4n) is 9.87. The third-order valence-corrected chi connectivity index (χ3v) is 13.0. The number of benzene rings is 10. The van der Waals surface area contributed by atoms with E-state index < -0.39 is 0 Å². The minimum Gasteiger partial charge on any atom is -0.307 e. The Morgan fingerprint density at radius 3 is 1.42 bits per heavy atom. The fraction of sp³-hybridized carbons (Fsp3) is 0. The second-order valence-corrected chi connectivity index (χ2v) is 16.8. The van der Waals surface area contributed by atoms with Crippen LogP contribution >= 0.6 is 0 Å². The summed E-state index contributed by atoms with van der Waals surface area (Å²) in [5, 5.41) is 7.28. The summed E-state index contributed by atoms with van der Waals surface area (Å²) in [6.45, 7) is 0. The first-order valence-electron chi connectivity index (χ1n) is 22.4. The maximum Gasteiger partial charge on any atom is 0.164 e. The van der Waals surface area contributed by atoms with Crippen LogP contribution in [0, 0.1) is 0 Å². The van der Waals surface area contributed by atoms with E-state index in [1.54, 1.807) is 0 Å². The number of rotatable bonds is 7. The molecular weight excluding hydrogens is 803 g/mol. The van der Waals surface area contributed by atoms with Gasteiger partial charge in [-0.15, -0.1) is 0 Å². The Balaban J connectivity index is 1.01. The molecule has 13 aromatic rings. The summed E-state index contributed by atoms with van der Waals surface area (Å²) in [5.41, 5.74) is 14.0. The molecule has 0 bridgehead atoms. The number of hydrogen-bond donors (Lipinski definition) is 0. The van der Waals surface area contributed by atoms with Gasteiger partial charge in [0, 0.05) is 43.9 Å². The molecule has 0 N–H and O–H groups in total. The van der Waals surface area contributed by atoms with E-state index in [1.807, 2.05) is 12.1 Å². The van der Waals surface area contributed by atoms with Crippen molar-refractivity contribution < 1.29 is 0 Å². The molecular formula is C61H39N5.